The van der Waals surface area contributed by atoms with Crippen molar-refractivity contribution in [1.82, 2.24) is 9.88 Å². The second-order valence-corrected chi connectivity index (χ2v) is 6.76. The Labute approximate surface area is 118 Å². The van der Waals surface area contributed by atoms with Gasteiger partial charge in [-0.1, -0.05) is 0 Å². The number of nitrogens with zero attached hydrogens (tertiary/aromatic N) is 2. The summed E-state index contributed by atoms with van der Waals surface area (Å²) in [6, 6.07) is 3.26. The van der Waals surface area contributed by atoms with Crippen LogP contribution in [0.4, 0.5) is 4.39 Å². The minimum atomic E-state index is -0.573. The van der Waals surface area contributed by atoms with Crippen molar-refractivity contribution in [2.24, 2.45) is 17.8 Å². The molecule has 3 heterocycles. The van der Waals surface area contributed by atoms with E-state index in [4.69, 9.17) is 0 Å². The lowest BCUT2D eigenvalue weighted by Crippen LogP contribution is -2.42. The van der Waals surface area contributed by atoms with Gasteiger partial charge in [-0.3, -0.25) is 4.79 Å². The van der Waals surface area contributed by atoms with Crippen molar-refractivity contribution in [3.63, 3.8) is 0 Å². The van der Waals surface area contributed by atoms with Crippen molar-refractivity contribution in [3.05, 3.63) is 29.8 Å². The standard InChI is InChI=1S/C16H19FN2O/c17-15-8-13(1-2-18-15)16(20)19-9-12-4-10-3-11(5-12)7-14(19)6-10/h1-2,8,10-12,14H,3-7,9H2/t10-,11+,12?,14?. The van der Waals surface area contributed by atoms with Crippen molar-refractivity contribution >= 4 is 5.91 Å². The number of pyridine rings is 1. The highest BCUT2D eigenvalue weighted by molar-refractivity contribution is 5.94. The first-order valence-corrected chi connectivity index (χ1v) is 7.61. The van der Waals surface area contributed by atoms with Crippen molar-refractivity contribution in [2.45, 2.75) is 38.1 Å². The molecule has 4 atom stereocenters. The Morgan fingerprint density at radius 2 is 1.85 bits per heavy atom. The fourth-order valence-corrected chi connectivity index (χ4v) is 4.73. The minimum absolute atomic E-state index is 0.00972. The van der Waals surface area contributed by atoms with Gasteiger partial charge in [-0.25, -0.2) is 4.98 Å². The summed E-state index contributed by atoms with van der Waals surface area (Å²) in [5.41, 5.74) is 0.443. The van der Waals surface area contributed by atoms with Crippen molar-refractivity contribution in [2.75, 3.05) is 6.54 Å². The third-order valence-corrected chi connectivity index (χ3v) is 5.34. The summed E-state index contributed by atoms with van der Waals surface area (Å²) in [6.45, 7) is 0.862. The molecule has 20 heavy (non-hydrogen) atoms. The van der Waals surface area contributed by atoms with E-state index in [1.54, 1.807) is 6.07 Å². The number of hydrogen-bond acceptors (Lipinski definition) is 2. The molecular weight excluding hydrogens is 255 g/mol. The average Bonchev–Trinajstić information content (AvgIpc) is 2.62. The van der Waals surface area contributed by atoms with Gasteiger partial charge in [-0.2, -0.15) is 4.39 Å². The predicted octanol–water partition coefficient (Wildman–Crippen LogP) is 2.87. The second-order valence-electron chi connectivity index (χ2n) is 6.76. The highest BCUT2D eigenvalue weighted by Crippen LogP contribution is 2.47. The molecule has 1 aromatic rings. The summed E-state index contributed by atoms with van der Waals surface area (Å²) in [5, 5.41) is 0. The molecule has 2 saturated carbocycles. The van der Waals surface area contributed by atoms with Crippen LogP contribution in [0.1, 0.15) is 42.5 Å². The van der Waals surface area contributed by atoms with Crippen LogP contribution in [0.15, 0.2) is 18.3 Å². The Balaban J connectivity index is 1.63. The molecule has 1 amide bonds. The Bertz CT molecular complexity index is 533. The maximum atomic E-state index is 13.2. The molecule has 4 bridgehead atoms. The molecule has 0 aromatic carbocycles. The number of hydrogen-bond donors (Lipinski definition) is 0. The van der Waals surface area contributed by atoms with Crippen LogP contribution in [0, 0.1) is 23.7 Å². The molecule has 0 N–H and O–H groups in total. The van der Waals surface area contributed by atoms with Gasteiger partial charge in [0, 0.05) is 30.4 Å². The summed E-state index contributed by atoms with van der Waals surface area (Å²) in [5.74, 6) is 1.69. The molecule has 4 heteroatoms. The molecule has 4 fully saturated rings. The van der Waals surface area contributed by atoms with Crippen LogP contribution in [-0.4, -0.2) is 28.4 Å². The van der Waals surface area contributed by atoms with Gasteiger partial charge < -0.3 is 4.90 Å². The van der Waals surface area contributed by atoms with Crippen LogP contribution in [0.5, 0.6) is 0 Å². The Kier molecular flexibility index (Phi) is 2.79. The fourth-order valence-electron chi connectivity index (χ4n) is 4.73. The molecule has 1 aromatic heterocycles. The monoisotopic (exact) mass is 274 g/mol. The Morgan fingerprint density at radius 1 is 1.15 bits per heavy atom. The van der Waals surface area contributed by atoms with Gasteiger partial charge in [-0.05, 0) is 55.9 Å². The molecular formula is C16H19FN2O. The zero-order chi connectivity index (χ0) is 13.7. The van der Waals surface area contributed by atoms with E-state index in [2.05, 4.69) is 4.98 Å². The van der Waals surface area contributed by atoms with Crippen LogP contribution >= 0.6 is 0 Å². The van der Waals surface area contributed by atoms with E-state index in [0.29, 0.717) is 17.5 Å². The number of rotatable bonds is 1. The third-order valence-electron chi connectivity index (χ3n) is 5.34. The number of halogens is 1. The van der Waals surface area contributed by atoms with E-state index < -0.39 is 5.95 Å². The largest absolute Gasteiger partial charge is 0.335 e. The fraction of sp³-hybridized carbons (Fsp3) is 0.625. The van der Waals surface area contributed by atoms with Crippen LogP contribution < -0.4 is 0 Å². The first kappa shape index (κ1) is 12.3. The molecule has 2 unspecified atom stereocenters. The van der Waals surface area contributed by atoms with Crippen LogP contribution in [0.25, 0.3) is 0 Å². The number of carbonyl (C=O) groups excluding carboxylic acids is 1. The van der Waals surface area contributed by atoms with Crippen LogP contribution in [-0.2, 0) is 0 Å². The number of carbonyl (C=O) groups is 1. The van der Waals surface area contributed by atoms with Crippen LogP contribution in [0.3, 0.4) is 0 Å². The van der Waals surface area contributed by atoms with E-state index in [9.17, 15) is 9.18 Å². The lowest BCUT2D eigenvalue weighted by atomic mass is 9.68. The van der Waals surface area contributed by atoms with E-state index >= 15 is 0 Å². The number of amides is 1. The van der Waals surface area contributed by atoms with Crippen LogP contribution in [0.2, 0.25) is 0 Å². The Hall–Kier alpha value is -1.45. The van der Waals surface area contributed by atoms with Gasteiger partial charge in [0.2, 0.25) is 5.95 Å². The first-order valence-electron chi connectivity index (χ1n) is 7.61. The Morgan fingerprint density at radius 3 is 2.55 bits per heavy atom. The van der Waals surface area contributed by atoms with E-state index in [1.807, 2.05) is 4.90 Å². The van der Waals surface area contributed by atoms with Gasteiger partial charge in [0.25, 0.3) is 5.91 Å². The van der Waals surface area contributed by atoms with Crippen molar-refractivity contribution in [3.8, 4) is 0 Å². The van der Waals surface area contributed by atoms with Crippen molar-refractivity contribution < 1.29 is 9.18 Å². The van der Waals surface area contributed by atoms with Crippen molar-refractivity contribution in [1.29, 1.82) is 0 Å². The van der Waals surface area contributed by atoms with E-state index in [1.165, 1.54) is 31.5 Å². The summed E-state index contributed by atoms with van der Waals surface area (Å²) in [7, 11) is 0. The molecule has 106 valence electrons. The maximum Gasteiger partial charge on any atom is 0.254 e. The second kappa shape index (κ2) is 4.54. The number of aromatic nitrogens is 1. The maximum absolute atomic E-state index is 13.2. The zero-order valence-corrected chi connectivity index (χ0v) is 11.5. The summed E-state index contributed by atoms with van der Waals surface area (Å²) in [4.78, 5) is 18.3. The molecule has 2 aliphatic carbocycles. The zero-order valence-electron chi connectivity index (χ0n) is 11.5. The average molecular weight is 274 g/mol. The first-order chi connectivity index (χ1) is 9.69. The highest BCUT2D eigenvalue weighted by Gasteiger charge is 2.44. The van der Waals surface area contributed by atoms with E-state index in [-0.39, 0.29) is 5.91 Å². The smallest absolute Gasteiger partial charge is 0.254 e. The minimum Gasteiger partial charge on any atom is -0.335 e. The summed E-state index contributed by atoms with van der Waals surface area (Å²) < 4.78 is 13.2. The van der Waals surface area contributed by atoms with Gasteiger partial charge in [0.05, 0.1) is 0 Å². The lowest BCUT2D eigenvalue weighted by Gasteiger charge is -2.39. The molecule has 0 radical (unpaired) electrons. The van der Waals surface area contributed by atoms with Gasteiger partial charge in [0.1, 0.15) is 0 Å². The molecule has 0 spiro atoms. The SMILES string of the molecule is O=C(c1ccnc(F)c1)N1CC2C[C@@H]3CC1C[C@H](C2)C3. The van der Waals surface area contributed by atoms with Gasteiger partial charge in [-0.15, -0.1) is 0 Å². The van der Waals surface area contributed by atoms with Gasteiger partial charge >= 0.3 is 0 Å². The number of fused-ring (bicyclic) bond motifs is 1. The predicted molar refractivity (Wildman–Crippen MR) is 72.6 cm³/mol. The molecule has 4 aliphatic rings. The summed E-state index contributed by atoms with van der Waals surface area (Å²) in [6.07, 6.45) is 7.59. The van der Waals surface area contributed by atoms with E-state index in [0.717, 1.165) is 31.2 Å². The lowest BCUT2D eigenvalue weighted by molar-refractivity contribution is 0.0632. The quantitative estimate of drug-likeness (QED) is 0.738. The third kappa shape index (κ3) is 2.02. The molecule has 2 saturated heterocycles. The summed E-state index contributed by atoms with van der Waals surface area (Å²) >= 11 is 0. The molecule has 3 nitrogen and oxygen atoms in total. The molecule has 2 aliphatic heterocycles. The topological polar surface area (TPSA) is 33.2 Å². The highest BCUT2D eigenvalue weighted by atomic mass is 19.1. The van der Waals surface area contributed by atoms with Gasteiger partial charge in [0.15, 0.2) is 0 Å². The molecule has 5 rings (SSSR count). The normalized spacial score (nSPS) is 35.1.